The molecule has 1 fully saturated rings. The molecule has 17 heavy (non-hydrogen) atoms. The van der Waals surface area contributed by atoms with Crippen LogP contribution in [0.25, 0.3) is 10.1 Å². The second-order valence-corrected chi connectivity index (χ2v) is 5.46. The van der Waals surface area contributed by atoms with Gasteiger partial charge in [-0.1, -0.05) is 18.2 Å². The van der Waals surface area contributed by atoms with E-state index in [1.54, 1.807) is 11.3 Å². The summed E-state index contributed by atoms with van der Waals surface area (Å²) < 4.78 is 1.18. The quantitative estimate of drug-likeness (QED) is 0.878. The van der Waals surface area contributed by atoms with Gasteiger partial charge in [0.1, 0.15) is 0 Å². The van der Waals surface area contributed by atoms with Gasteiger partial charge in [-0.05, 0) is 17.5 Å². The Kier molecular flexibility index (Phi) is 2.61. The first kappa shape index (κ1) is 10.7. The maximum absolute atomic E-state index is 12.3. The van der Waals surface area contributed by atoms with Crippen molar-refractivity contribution in [2.45, 2.75) is 6.04 Å². The van der Waals surface area contributed by atoms with Gasteiger partial charge in [0.25, 0.3) is 5.91 Å². The average molecular weight is 246 g/mol. The third-order valence-electron chi connectivity index (χ3n) is 3.26. The van der Waals surface area contributed by atoms with Crippen molar-refractivity contribution in [3.63, 3.8) is 0 Å². The van der Waals surface area contributed by atoms with E-state index in [1.165, 1.54) is 4.70 Å². The second kappa shape index (κ2) is 4.13. The molecule has 2 aromatic rings. The number of hydrogen-bond donors (Lipinski definition) is 1. The number of nitrogens with zero attached hydrogens (tertiary/aromatic N) is 1. The Labute approximate surface area is 104 Å². The highest BCUT2D eigenvalue weighted by atomic mass is 32.1. The summed E-state index contributed by atoms with van der Waals surface area (Å²) in [6.07, 6.45) is 0. The molecule has 4 heteroatoms. The van der Waals surface area contributed by atoms with Gasteiger partial charge in [-0.3, -0.25) is 4.79 Å². The van der Waals surface area contributed by atoms with Crippen LogP contribution >= 0.6 is 11.3 Å². The van der Waals surface area contributed by atoms with Gasteiger partial charge in [0.05, 0.1) is 10.9 Å². The zero-order chi connectivity index (χ0) is 11.8. The first-order valence-corrected chi connectivity index (χ1v) is 6.54. The summed E-state index contributed by atoms with van der Waals surface area (Å²) in [4.78, 5) is 14.9. The van der Waals surface area contributed by atoms with Gasteiger partial charge in [-0.15, -0.1) is 11.3 Å². The first-order chi connectivity index (χ1) is 8.25. The van der Waals surface area contributed by atoms with E-state index < -0.39 is 0 Å². The lowest BCUT2D eigenvalue weighted by Gasteiger charge is -2.35. The van der Waals surface area contributed by atoms with E-state index in [-0.39, 0.29) is 5.91 Å². The van der Waals surface area contributed by atoms with E-state index in [2.05, 4.69) is 11.4 Å². The normalized spacial score (nSPS) is 15.8. The van der Waals surface area contributed by atoms with Crippen molar-refractivity contribution in [2.24, 2.45) is 0 Å². The number of likely N-dealkylation sites (N-methyl/N-ethyl adjacent to an activating group) is 1. The number of rotatable bonds is 2. The predicted molar refractivity (Wildman–Crippen MR) is 70.6 cm³/mol. The lowest BCUT2D eigenvalue weighted by atomic mass is 10.1. The molecule has 0 atom stereocenters. The summed E-state index contributed by atoms with van der Waals surface area (Å²) in [6, 6.07) is 10.5. The number of amides is 1. The summed E-state index contributed by atoms with van der Waals surface area (Å²) in [6.45, 7) is 1.82. The molecule has 1 amide bonds. The van der Waals surface area contributed by atoms with Crippen molar-refractivity contribution in [1.82, 2.24) is 10.2 Å². The van der Waals surface area contributed by atoms with Gasteiger partial charge < -0.3 is 10.2 Å². The van der Waals surface area contributed by atoms with Crippen molar-refractivity contribution in [1.29, 1.82) is 0 Å². The maximum Gasteiger partial charge on any atom is 0.264 e. The average Bonchev–Trinajstić information content (AvgIpc) is 2.68. The van der Waals surface area contributed by atoms with Crippen LogP contribution in [-0.4, -0.2) is 37.0 Å². The molecule has 3 rings (SSSR count). The van der Waals surface area contributed by atoms with Crippen molar-refractivity contribution < 1.29 is 4.79 Å². The molecule has 3 nitrogen and oxygen atoms in total. The zero-order valence-corrected chi connectivity index (χ0v) is 10.5. The van der Waals surface area contributed by atoms with Gasteiger partial charge >= 0.3 is 0 Å². The number of benzene rings is 1. The monoisotopic (exact) mass is 246 g/mol. The fourth-order valence-electron chi connectivity index (χ4n) is 1.97. The van der Waals surface area contributed by atoms with Crippen molar-refractivity contribution in [3.05, 3.63) is 35.2 Å². The van der Waals surface area contributed by atoms with E-state index in [1.807, 2.05) is 36.2 Å². The number of hydrogen-bond acceptors (Lipinski definition) is 3. The molecule has 0 bridgehead atoms. The van der Waals surface area contributed by atoms with Crippen LogP contribution in [0.1, 0.15) is 9.67 Å². The highest BCUT2D eigenvalue weighted by molar-refractivity contribution is 7.20. The molecule has 1 aliphatic heterocycles. The number of carbonyl (C=O) groups is 1. The Morgan fingerprint density at radius 2 is 2.18 bits per heavy atom. The predicted octanol–water partition coefficient (Wildman–Crippen LogP) is 1.95. The van der Waals surface area contributed by atoms with Gasteiger partial charge in [0.15, 0.2) is 0 Å². The van der Waals surface area contributed by atoms with E-state index in [0.29, 0.717) is 6.04 Å². The minimum atomic E-state index is 0.137. The third kappa shape index (κ3) is 1.83. The molecule has 0 aliphatic carbocycles. The molecule has 88 valence electrons. The summed E-state index contributed by atoms with van der Waals surface area (Å²) >= 11 is 1.57. The fraction of sp³-hybridized carbons (Fsp3) is 0.308. The number of fused-ring (bicyclic) bond motifs is 1. The molecule has 1 N–H and O–H groups in total. The van der Waals surface area contributed by atoms with Crippen LogP contribution in [0, 0.1) is 0 Å². The lowest BCUT2D eigenvalue weighted by molar-refractivity contribution is 0.0686. The van der Waals surface area contributed by atoms with Crippen LogP contribution in [0.15, 0.2) is 30.3 Å². The van der Waals surface area contributed by atoms with Gasteiger partial charge in [0.2, 0.25) is 0 Å². The van der Waals surface area contributed by atoms with E-state index >= 15 is 0 Å². The topological polar surface area (TPSA) is 32.3 Å². The molecule has 1 aliphatic rings. The Bertz CT molecular complexity index is 526. The molecular weight excluding hydrogens is 232 g/mol. The van der Waals surface area contributed by atoms with Crippen molar-refractivity contribution in [2.75, 3.05) is 20.1 Å². The van der Waals surface area contributed by atoms with Gasteiger partial charge in [-0.2, -0.15) is 0 Å². The largest absolute Gasteiger partial charge is 0.335 e. The molecule has 1 aromatic carbocycles. The minimum absolute atomic E-state index is 0.137. The van der Waals surface area contributed by atoms with Crippen LogP contribution < -0.4 is 5.32 Å². The highest BCUT2D eigenvalue weighted by Crippen LogP contribution is 2.26. The standard InChI is InChI=1S/C13H14N2OS/c1-15(10-7-14-8-10)13(16)12-6-9-4-2-3-5-11(9)17-12/h2-6,10,14H,7-8H2,1H3. The lowest BCUT2D eigenvalue weighted by Crippen LogP contribution is -2.57. The maximum atomic E-state index is 12.3. The number of thiophene rings is 1. The van der Waals surface area contributed by atoms with Crippen LogP contribution in [0.5, 0.6) is 0 Å². The Morgan fingerprint density at radius 1 is 1.41 bits per heavy atom. The molecule has 0 unspecified atom stereocenters. The molecular formula is C13H14N2OS. The smallest absolute Gasteiger partial charge is 0.264 e. The van der Waals surface area contributed by atoms with Crippen LogP contribution in [0.2, 0.25) is 0 Å². The van der Waals surface area contributed by atoms with Crippen LogP contribution in [-0.2, 0) is 0 Å². The molecule has 0 saturated carbocycles. The summed E-state index contributed by atoms with van der Waals surface area (Å²) in [5.41, 5.74) is 0. The van der Waals surface area contributed by atoms with Gasteiger partial charge in [0, 0.05) is 24.8 Å². The van der Waals surface area contributed by atoms with Crippen LogP contribution in [0.4, 0.5) is 0 Å². The first-order valence-electron chi connectivity index (χ1n) is 5.72. The van der Waals surface area contributed by atoms with Gasteiger partial charge in [-0.25, -0.2) is 0 Å². The van der Waals surface area contributed by atoms with E-state index in [4.69, 9.17) is 0 Å². The fourth-order valence-corrected chi connectivity index (χ4v) is 3.02. The minimum Gasteiger partial charge on any atom is -0.335 e. The van der Waals surface area contributed by atoms with Crippen molar-refractivity contribution >= 4 is 27.3 Å². The Balaban J connectivity index is 1.89. The summed E-state index contributed by atoms with van der Waals surface area (Å²) in [5.74, 6) is 0.137. The molecule has 1 saturated heterocycles. The van der Waals surface area contributed by atoms with Crippen molar-refractivity contribution in [3.8, 4) is 0 Å². The van der Waals surface area contributed by atoms with E-state index in [0.717, 1.165) is 23.4 Å². The molecule has 1 aromatic heterocycles. The SMILES string of the molecule is CN(C(=O)c1cc2ccccc2s1)C1CNC1. The Morgan fingerprint density at radius 3 is 2.82 bits per heavy atom. The zero-order valence-electron chi connectivity index (χ0n) is 9.64. The number of nitrogens with one attached hydrogen (secondary N) is 1. The second-order valence-electron chi connectivity index (χ2n) is 4.38. The summed E-state index contributed by atoms with van der Waals surface area (Å²) in [7, 11) is 1.89. The highest BCUT2D eigenvalue weighted by Gasteiger charge is 2.26. The van der Waals surface area contributed by atoms with E-state index in [9.17, 15) is 4.79 Å². The number of carbonyl (C=O) groups excluding carboxylic acids is 1. The third-order valence-corrected chi connectivity index (χ3v) is 4.37. The molecule has 0 radical (unpaired) electrons. The summed E-state index contributed by atoms with van der Waals surface area (Å²) in [5, 5.41) is 4.34. The Hall–Kier alpha value is -1.39. The molecule has 0 spiro atoms. The van der Waals surface area contributed by atoms with Crippen LogP contribution in [0.3, 0.4) is 0 Å². The molecule has 2 heterocycles.